The number of rotatable bonds is 4. The maximum Gasteiger partial charge on any atom is 0.310 e. The fourth-order valence-electron chi connectivity index (χ4n) is 2.23. The van der Waals surface area contributed by atoms with Gasteiger partial charge in [0.25, 0.3) is 5.78 Å². The van der Waals surface area contributed by atoms with Crippen LogP contribution in [-0.4, -0.2) is 16.7 Å². The van der Waals surface area contributed by atoms with Gasteiger partial charge in [-0.1, -0.05) is 29.3 Å². The first kappa shape index (κ1) is 15.1. The summed E-state index contributed by atoms with van der Waals surface area (Å²) in [6.07, 6.45) is 1.51. The van der Waals surface area contributed by atoms with Crippen molar-refractivity contribution >= 4 is 39.9 Å². The molecule has 0 radical (unpaired) electrons. The Hall–Kier alpha value is -2.79. The number of aryl methyl sites for hydroxylation is 1. The summed E-state index contributed by atoms with van der Waals surface area (Å²) >= 11 is 5.95. The minimum Gasteiger partial charge on any atom is -0.360 e. The number of anilines is 1. The number of nitrogens with one attached hydrogen (secondary N) is 3. The lowest BCUT2D eigenvalue weighted by Crippen LogP contribution is -2.35. The fraction of sp³-hybridized carbons (Fsp3) is 0.0588. The average molecular weight is 328 g/mol. The molecule has 0 aliphatic heterocycles. The van der Waals surface area contributed by atoms with Gasteiger partial charge in [0.05, 0.1) is 11.3 Å². The average Bonchev–Trinajstić information content (AvgIpc) is 2.96. The van der Waals surface area contributed by atoms with E-state index in [-0.39, 0.29) is 5.56 Å². The number of Topliss-reactive ketones (excluding diaryl/α,β-unsaturated/α-hetero) is 1. The van der Waals surface area contributed by atoms with E-state index in [4.69, 9.17) is 11.6 Å². The summed E-state index contributed by atoms with van der Waals surface area (Å²) in [7, 11) is 0. The van der Waals surface area contributed by atoms with Crippen LogP contribution < -0.4 is 10.9 Å². The Balaban J connectivity index is 1.75. The molecule has 6 heteroatoms. The first-order chi connectivity index (χ1) is 11.0. The third-order valence-corrected chi connectivity index (χ3v) is 3.70. The van der Waals surface area contributed by atoms with Crippen molar-refractivity contribution in [2.24, 2.45) is 0 Å². The van der Waals surface area contributed by atoms with Gasteiger partial charge in [0.2, 0.25) is 0 Å². The number of benzene rings is 2. The van der Waals surface area contributed by atoms with Crippen molar-refractivity contribution in [2.75, 3.05) is 5.43 Å². The third-order valence-electron chi connectivity index (χ3n) is 3.47. The molecule has 0 fully saturated rings. The molecule has 0 aliphatic carbocycles. The third kappa shape index (κ3) is 3.19. The van der Waals surface area contributed by atoms with E-state index in [2.05, 4.69) is 15.8 Å². The number of ketones is 1. The molecule has 116 valence electrons. The summed E-state index contributed by atoms with van der Waals surface area (Å²) in [4.78, 5) is 27.3. The molecule has 1 amide bonds. The largest absolute Gasteiger partial charge is 0.360 e. The lowest BCUT2D eigenvalue weighted by molar-refractivity contribution is -0.116. The Bertz CT molecular complexity index is 884. The summed E-state index contributed by atoms with van der Waals surface area (Å²) in [5.41, 5.74) is 7.95. The molecular formula is C17H14ClN3O2. The first-order valence-corrected chi connectivity index (χ1v) is 7.36. The molecule has 1 aromatic heterocycles. The highest BCUT2D eigenvalue weighted by Crippen LogP contribution is 2.22. The Morgan fingerprint density at radius 1 is 1.09 bits per heavy atom. The van der Waals surface area contributed by atoms with Crippen LogP contribution in [0.15, 0.2) is 48.7 Å². The van der Waals surface area contributed by atoms with Gasteiger partial charge in [0.1, 0.15) is 0 Å². The lowest BCUT2D eigenvalue weighted by Gasteiger charge is -2.07. The SMILES string of the molecule is Cc1ccc(NNC(=O)C(=O)c2c[nH]c3ccc(Cl)cc23)cc1. The van der Waals surface area contributed by atoms with Crippen molar-refractivity contribution in [3.63, 3.8) is 0 Å². The van der Waals surface area contributed by atoms with Crippen LogP contribution in [-0.2, 0) is 4.79 Å². The van der Waals surface area contributed by atoms with Gasteiger partial charge in [-0.15, -0.1) is 0 Å². The highest BCUT2D eigenvalue weighted by molar-refractivity contribution is 6.45. The number of aromatic amines is 1. The quantitative estimate of drug-likeness (QED) is 0.390. The monoisotopic (exact) mass is 327 g/mol. The zero-order valence-corrected chi connectivity index (χ0v) is 13.1. The van der Waals surface area contributed by atoms with Gasteiger partial charge in [0, 0.05) is 22.1 Å². The molecule has 0 unspecified atom stereocenters. The Morgan fingerprint density at radius 3 is 2.57 bits per heavy atom. The van der Waals surface area contributed by atoms with Gasteiger partial charge in [0.15, 0.2) is 0 Å². The molecule has 5 nitrogen and oxygen atoms in total. The van der Waals surface area contributed by atoms with Crippen LogP contribution in [0.4, 0.5) is 5.69 Å². The number of amides is 1. The van der Waals surface area contributed by atoms with Gasteiger partial charge >= 0.3 is 5.91 Å². The van der Waals surface area contributed by atoms with Crippen LogP contribution in [0.2, 0.25) is 5.02 Å². The van der Waals surface area contributed by atoms with E-state index in [1.165, 1.54) is 6.20 Å². The van der Waals surface area contributed by atoms with Gasteiger partial charge in [-0.3, -0.25) is 20.4 Å². The van der Waals surface area contributed by atoms with Crippen LogP contribution in [0, 0.1) is 6.92 Å². The zero-order valence-electron chi connectivity index (χ0n) is 12.3. The standard InChI is InChI=1S/C17H14ClN3O2/c1-10-2-5-12(6-3-10)20-21-17(23)16(22)14-9-19-15-7-4-11(18)8-13(14)15/h2-9,19-20H,1H3,(H,21,23). The van der Waals surface area contributed by atoms with E-state index < -0.39 is 11.7 Å². The lowest BCUT2D eigenvalue weighted by atomic mass is 10.1. The minimum absolute atomic E-state index is 0.283. The number of halogens is 1. The molecule has 0 spiro atoms. The molecule has 0 saturated carbocycles. The number of hydrogen-bond acceptors (Lipinski definition) is 3. The topological polar surface area (TPSA) is 74.0 Å². The van der Waals surface area contributed by atoms with E-state index in [9.17, 15) is 9.59 Å². The van der Waals surface area contributed by atoms with Crippen molar-refractivity contribution in [2.45, 2.75) is 6.92 Å². The van der Waals surface area contributed by atoms with E-state index in [1.54, 1.807) is 18.2 Å². The number of hydrogen-bond donors (Lipinski definition) is 3. The maximum atomic E-state index is 12.3. The van der Waals surface area contributed by atoms with Gasteiger partial charge in [-0.2, -0.15) is 0 Å². The van der Waals surface area contributed by atoms with E-state index in [1.807, 2.05) is 31.2 Å². The molecule has 2 aromatic carbocycles. The predicted molar refractivity (Wildman–Crippen MR) is 90.6 cm³/mol. The summed E-state index contributed by atoms with van der Waals surface area (Å²) in [6.45, 7) is 1.97. The second kappa shape index (κ2) is 6.14. The van der Waals surface area contributed by atoms with Crippen molar-refractivity contribution in [1.29, 1.82) is 0 Å². The van der Waals surface area contributed by atoms with Crippen molar-refractivity contribution in [3.05, 3.63) is 64.8 Å². The van der Waals surface area contributed by atoms with E-state index >= 15 is 0 Å². The van der Waals surface area contributed by atoms with Crippen molar-refractivity contribution < 1.29 is 9.59 Å². The number of aromatic nitrogens is 1. The number of hydrazine groups is 1. The molecule has 3 aromatic rings. The van der Waals surface area contributed by atoms with Crippen molar-refractivity contribution in [1.82, 2.24) is 10.4 Å². The summed E-state index contributed by atoms with van der Waals surface area (Å²) in [5.74, 6) is -1.38. The zero-order chi connectivity index (χ0) is 16.4. The van der Waals surface area contributed by atoms with Gasteiger partial charge < -0.3 is 4.98 Å². The Kier molecular flexibility index (Phi) is 4.04. The predicted octanol–water partition coefficient (Wildman–Crippen LogP) is 3.46. The fourth-order valence-corrected chi connectivity index (χ4v) is 2.40. The number of fused-ring (bicyclic) bond motifs is 1. The minimum atomic E-state index is -0.744. The number of carbonyl (C=O) groups is 2. The normalized spacial score (nSPS) is 10.5. The van der Waals surface area contributed by atoms with E-state index in [0.29, 0.717) is 16.1 Å². The second-order valence-electron chi connectivity index (χ2n) is 5.17. The molecule has 23 heavy (non-hydrogen) atoms. The van der Waals surface area contributed by atoms with Crippen LogP contribution in [0.5, 0.6) is 0 Å². The van der Waals surface area contributed by atoms with E-state index in [0.717, 1.165) is 11.1 Å². The maximum absolute atomic E-state index is 12.3. The van der Waals surface area contributed by atoms with Crippen LogP contribution in [0.3, 0.4) is 0 Å². The van der Waals surface area contributed by atoms with Gasteiger partial charge in [-0.25, -0.2) is 0 Å². The second-order valence-corrected chi connectivity index (χ2v) is 5.60. The van der Waals surface area contributed by atoms with Crippen LogP contribution >= 0.6 is 11.6 Å². The highest BCUT2D eigenvalue weighted by Gasteiger charge is 2.20. The molecule has 0 saturated heterocycles. The molecule has 1 heterocycles. The number of H-pyrrole nitrogens is 1. The Morgan fingerprint density at radius 2 is 1.83 bits per heavy atom. The van der Waals surface area contributed by atoms with Crippen LogP contribution in [0.1, 0.15) is 15.9 Å². The first-order valence-electron chi connectivity index (χ1n) is 6.98. The molecule has 0 aliphatic rings. The van der Waals surface area contributed by atoms with Crippen molar-refractivity contribution in [3.8, 4) is 0 Å². The molecule has 3 N–H and O–H groups in total. The summed E-state index contributed by atoms with van der Waals surface area (Å²) in [5, 5.41) is 1.12. The highest BCUT2D eigenvalue weighted by atomic mass is 35.5. The smallest absolute Gasteiger partial charge is 0.310 e. The van der Waals surface area contributed by atoms with Crippen LogP contribution in [0.25, 0.3) is 10.9 Å². The summed E-state index contributed by atoms with van der Waals surface area (Å²) < 4.78 is 0. The van der Waals surface area contributed by atoms with Gasteiger partial charge in [-0.05, 0) is 37.3 Å². The molecule has 3 rings (SSSR count). The summed E-state index contributed by atoms with van der Waals surface area (Å²) in [6, 6.07) is 12.6. The Labute approximate surface area is 137 Å². The number of carbonyl (C=O) groups excluding carboxylic acids is 2. The molecular weight excluding hydrogens is 314 g/mol. The molecule has 0 atom stereocenters. The molecule has 0 bridgehead atoms.